The van der Waals surface area contributed by atoms with E-state index in [0.29, 0.717) is 5.69 Å². The molecule has 4 heteroatoms. The van der Waals surface area contributed by atoms with Gasteiger partial charge in [-0.3, -0.25) is 5.73 Å². The van der Waals surface area contributed by atoms with Gasteiger partial charge in [-0.15, -0.1) is 0 Å². The van der Waals surface area contributed by atoms with Crippen LogP contribution in [0, 0.1) is 0 Å². The third-order valence-electron chi connectivity index (χ3n) is 1.37. The molecule has 0 bridgehead atoms. The Bertz CT molecular complexity index is 289. The maximum absolute atomic E-state index is 7.11. The second kappa shape index (κ2) is 3.73. The summed E-state index contributed by atoms with van der Waals surface area (Å²) in [5, 5.41) is 0. The van der Waals surface area contributed by atoms with Crippen molar-refractivity contribution in [3.63, 3.8) is 0 Å². The first-order valence-corrected chi connectivity index (χ1v) is 3.55. The third-order valence-corrected chi connectivity index (χ3v) is 1.37. The summed E-state index contributed by atoms with van der Waals surface area (Å²) in [5.41, 5.74) is 19.1. The Morgan fingerprint density at radius 3 is 2.75 bits per heavy atom. The van der Waals surface area contributed by atoms with E-state index in [1.807, 2.05) is 12.1 Å². The fraction of sp³-hybridized carbons (Fsp3) is 0.125. The van der Waals surface area contributed by atoms with Gasteiger partial charge < -0.3 is 11.5 Å². The zero-order valence-corrected chi connectivity index (χ0v) is 6.62. The van der Waals surface area contributed by atoms with Crippen molar-refractivity contribution in [1.29, 1.82) is 0 Å². The van der Waals surface area contributed by atoms with Gasteiger partial charge in [0.2, 0.25) is 0 Å². The Balaban J connectivity index is 2.94. The molecule has 0 amide bonds. The molecule has 0 aromatic heterocycles. The number of aliphatic imine (C=N–C) groups is 1. The maximum atomic E-state index is 7.11. The SMILES string of the molecule is [NH]Cc1cccc(N=C(N)N)c1. The van der Waals surface area contributed by atoms with Crippen molar-refractivity contribution in [2.24, 2.45) is 16.5 Å². The molecule has 0 heterocycles. The fourth-order valence-corrected chi connectivity index (χ4v) is 0.885. The number of nitrogens with zero attached hydrogens (tertiary/aromatic N) is 1. The van der Waals surface area contributed by atoms with Crippen LogP contribution in [0.2, 0.25) is 0 Å². The average Bonchev–Trinajstić information content (AvgIpc) is 2.03. The fourth-order valence-electron chi connectivity index (χ4n) is 0.885. The molecular formula is C8H11N4. The molecule has 0 atom stereocenters. The van der Waals surface area contributed by atoms with Gasteiger partial charge >= 0.3 is 0 Å². The second-order valence-corrected chi connectivity index (χ2v) is 2.38. The van der Waals surface area contributed by atoms with E-state index < -0.39 is 0 Å². The van der Waals surface area contributed by atoms with Crippen LogP contribution < -0.4 is 17.2 Å². The lowest BCUT2D eigenvalue weighted by Crippen LogP contribution is -2.21. The number of hydrogen-bond donors (Lipinski definition) is 2. The highest BCUT2D eigenvalue weighted by Gasteiger charge is 1.92. The van der Waals surface area contributed by atoms with Crippen molar-refractivity contribution in [3.05, 3.63) is 29.8 Å². The first-order chi connectivity index (χ1) is 5.72. The number of nitrogens with one attached hydrogen (secondary N) is 1. The van der Waals surface area contributed by atoms with Gasteiger partial charge in [-0.05, 0) is 17.7 Å². The Labute approximate surface area is 71.1 Å². The number of guanidine groups is 1. The first kappa shape index (κ1) is 8.55. The number of rotatable bonds is 2. The molecule has 0 aliphatic rings. The molecule has 1 aromatic rings. The molecule has 0 aliphatic carbocycles. The van der Waals surface area contributed by atoms with Gasteiger partial charge in [0.25, 0.3) is 0 Å². The lowest BCUT2D eigenvalue weighted by atomic mass is 10.2. The van der Waals surface area contributed by atoms with Crippen LogP contribution in [0.5, 0.6) is 0 Å². The van der Waals surface area contributed by atoms with Crippen LogP contribution in [0.15, 0.2) is 29.3 Å². The summed E-state index contributed by atoms with van der Waals surface area (Å²) in [5.74, 6) is 0.0390. The van der Waals surface area contributed by atoms with Gasteiger partial charge in [0.15, 0.2) is 5.96 Å². The molecule has 0 aliphatic heterocycles. The van der Waals surface area contributed by atoms with Crippen LogP contribution in [0.3, 0.4) is 0 Å². The van der Waals surface area contributed by atoms with Crippen molar-refractivity contribution in [3.8, 4) is 0 Å². The molecule has 0 spiro atoms. The van der Waals surface area contributed by atoms with E-state index in [9.17, 15) is 0 Å². The predicted octanol–water partition coefficient (Wildman–Crippen LogP) is 0.374. The number of hydrogen-bond acceptors (Lipinski definition) is 1. The molecule has 4 nitrogen and oxygen atoms in total. The zero-order valence-electron chi connectivity index (χ0n) is 6.62. The van der Waals surface area contributed by atoms with Gasteiger partial charge in [-0.2, -0.15) is 0 Å². The van der Waals surface area contributed by atoms with Crippen molar-refractivity contribution in [1.82, 2.24) is 5.73 Å². The Hall–Kier alpha value is -1.55. The van der Waals surface area contributed by atoms with Gasteiger partial charge in [-0.25, -0.2) is 4.99 Å². The standard InChI is InChI=1S/C8H11N4/c9-5-6-2-1-3-7(4-6)12-8(10)11/h1-4,9H,5H2,(H4,10,11,12). The minimum absolute atomic E-state index is 0.0390. The summed E-state index contributed by atoms with van der Waals surface area (Å²) < 4.78 is 0. The molecule has 1 radical (unpaired) electrons. The van der Waals surface area contributed by atoms with Gasteiger partial charge in [0.1, 0.15) is 0 Å². The lowest BCUT2D eigenvalue weighted by Gasteiger charge is -1.97. The summed E-state index contributed by atoms with van der Waals surface area (Å²) in [4.78, 5) is 3.86. The minimum Gasteiger partial charge on any atom is -0.370 e. The molecule has 63 valence electrons. The monoisotopic (exact) mass is 163 g/mol. The molecule has 1 aromatic carbocycles. The zero-order chi connectivity index (χ0) is 8.97. The molecule has 1 rings (SSSR count). The van der Waals surface area contributed by atoms with E-state index in [4.69, 9.17) is 17.2 Å². The van der Waals surface area contributed by atoms with Crippen LogP contribution in [0.4, 0.5) is 5.69 Å². The van der Waals surface area contributed by atoms with Crippen molar-refractivity contribution < 1.29 is 0 Å². The Morgan fingerprint density at radius 1 is 1.42 bits per heavy atom. The van der Waals surface area contributed by atoms with E-state index in [0.717, 1.165) is 5.56 Å². The van der Waals surface area contributed by atoms with Crippen molar-refractivity contribution >= 4 is 11.6 Å². The molecule has 5 N–H and O–H groups in total. The van der Waals surface area contributed by atoms with E-state index >= 15 is 0 Å². The quantitative estimate of drug-likeness (QED) is 0.487. The summed E-state index contributed by atoms with van der Waals surface area (Å²) in [6.07, 6.45) is 0. The van der Waals surface area contributed by atoms with Crippen LogP contribution in [0.25, 0.3) is 0 Å². The maximum Gasteiger partial charge on any atom is 0.191 e. The van der Waals surface area contributed by atoms with E-state index in [-0.39, 0.29) is 12.5 Å². The van der Waals surface area contributed by atoms with Crippen LogP contribution in [-0.4, -0.2) is 5.96 Å². The van der Waals surface area contributed by atoms with Gasteiger partial charge in [-0.1, -0.05) is 12.1 Å². The number of nitrogens with two attached hydrogens (primary N) is 2. The topological polar surface area (TPSA) is 88.2 Å². The summed E-state index contributed by atoms with van der Waals surface area (Å²) in [7, 11) is 0. The molecule has 0 fully saturated rings. The van der Waals surface area contributed by atoms with Crippen molar-refractivity contribution in [2.45, 2.75) is 6.54 Å². The molecular weight excluding hydrogens is 152 g/mol. The summed E-state index contributed by atoms with van der Waals surface area (Å²) >= 11 is 0. The predicted molar refractivity (Wildman–Crippen MR) is 48.7 cm³/mol. The molecule has 0 unspecified atom stereocenters. The van der Waals surface area contributed by atoms with Crippen LogP contribution >= 0.6 is 0 Å². The largest absolute Gasteiger partial charge is 0.370 e. The van der Waals surface area contributed by atoms with E-state index in [1.165, 1.54) is 0 Å². The molecule has 0 saturated carbocycles. The second-order valence-electron chi connectivity index (χ2n) is 2.38. The molecule has 12 heavy (non-hydrogen) atoms. The van der Waals surface area contributed by atoms with Crippen LogP contribution in [-0.2, 0) is 6.54 Å². The van der Waals surface area contributed by atoms with Crippen LogP contribution in [0.1, 0.15) is 5.56 Å². The summed E-state index contributed by atoms with van der Waals surface area (Å²) in [6, 6.07) is 7.26. The third kappa shape index (κ3) is 2.25. The smallest absolute Gasteiger partial charge is 0.191 e. The highest BCUT2D eigenvalue weighted by atomic mass is 15.0. The highest BCUT2D eigenvalue weighted by molar-refractivity contribution is 5.79. The van der Waals surface area contributed by atoms with Gasteiger partial charge in [0, 0.05) is 6.54 Å². The summed E-state index contributed by atoms with van der Waals surface area (Å²) in [6.45, 7) is 0.244. The number of benzene rings is 1. The molecule has 0 saturated heterocycles. The van der Waals surface area contributed by atoms with Crippen molar-refractivity contribution in [2.75, 3.05) is 0 Å². The average molecular weight is 163 g/mol. The first-order valence-electron chi connectivity index (χ1n) is 3.55. The Morgan fingerprint density at radius 2 is 2.17 bits per heavy atom. The Kier molecular flexibility index (Phi) is 2.66. The highest BCUT2D eigenvalue weighted by Crippen LogP contribution is 2.13. The van der Waals surface area contributed by atoms with E-state index in [2.05, 4.69) is 4.99 Å². The van der Waals surface area contributed by atoms with Gasteiger partial charge in [0.05, 0.1) is 5.69 Å². The minimum atomic E-state index is 0.0390. The van der Waals surface area contributed by atoms with E-state index in [1.54, 1.807) is 12.1 Å². The normalized spacial score (nSPS) is 9.42. The lowest BCUT2D eigenvalue weighted by molar-refractivity contribution is 1.03.